The van der Waals surface area contributed by atoms with Gasteiger partial charge in [0.25, 0.3) is 5.91 Å². The van der Waals surface area contributed by atoms with Crippen LogP contribution in [0.4, 0.5) is 0 Å². The van der Waals surface area contributed by atoms with Gasteiger partial charge in [-0.15, -0.1) is 0 Å². The van der Waals surface area contributed by atoms with E-state index in [-0.39, 0.29) is 5.91 Å². The molecule has 0 spiro atoms. The average Bonchev–Trinajstić information content (AvgIpc) is 2.46. The van der Waals surface area contributed by atoms with Crippen LogP contribution in [0, 0.1) is 17.2 Å². The van der Waals surface area contributed by atoms with Crippen LogP contribution in [0.3, 0.4) is 0 Å². The largest absolute Gasteiger partial charge is 0.352 e. The van der Waals surface area contributed by atoms with Crippen molar-refractivity contribution in [3.63, 3.8) is 0 Å². The molecule has 1 amide bonds. The van der Waals surface area contributed by atoms with Crippen LogP contribution in [-0.4, -0.2) is 17.4 Å². The van der Waals surface area contributed by atoms with E-state index in [9.17, 15) is 4.79 Å². The van der Waals surface area contributed by atoms with Gasteiger partial charge < -0.3 is 5.32 Å². The van der Waals surface area contributed by atoms with E-state index in [1.54, 1.807) is 12.1 Å². The molecule has 1 aromatic rings. The van der Waals surface area contributed by atoms with Crippen molar-refractivity contribution in [3.05, 3.63) is 29.6 Å². The molecular weight excluding hydrogens is 226 g/mol. The van der Waals surface area contributed by atoms with Gasteiger partial charge in [0.2, 0.25) is 0 Å². The van der Waals surface area contributed by atoms with E-state index in [1.165, 1.54) is 38.3 Å². The maximum absolute atomic E-state index is 11.9. The van der Waals surface area contributed by atoms with Crippen molar-refractivity contribution >= 4 is 5.91 Å². The van der Waals surface area contributed by atoms with E-state index in [4.69, 9.17) is 5.26 Å². The van der Waals surface area contributed by atoms with Gasteiger partial charge in [-0.2, -0.15) is 5.26 Å². The zero-order valence-corrected chi connectivity index (χ0v) is 10.4. The predicted octanol–water partition coefficient (Wildman–Crippen LogP) is 2.26. The molecule has 0 radical (unpaired) electrons. The van der Waals surface area contributed by atoms with Crippen molar-refractivity contribution in [2.24, 2.45) is 5.92 Å². The van der Waals surface area contributed by atoms with Crippen LogP contribution in [0.15, 0.2) is 18.3 Å². The maximum Gasteiger partial charge on any atom is 0.252 e. The number of amides is 1. The topological polar surface area (TPSA) is 65.8 Å². The second kappa shape index (κ2) is 6.15. The number of hydrogen-bond donors (Lipinski definition) is 1. The first-order valence-corrected chi connectivity index (χ1v) is 6.44. The monoisotopic (exact) mass is 243 g/mol. The molecule has 4 nitrogen and oxygen atoms in total. The molecule has 0 bridgehead atoms. The Morgan fingerprint density at radius 2 is 2.17 bits per heavy atom. The zero-order chi connectivity index (χ0) is 12.8. The summed E-state index contributed by atoms with van der Waals surface area (Å²) in [6.07, 6.45) is 7.76. The Morgan fingerprint density at radius 1 is 1.39 bits per heavy atom. The maximum atomic E-state index is 11.9. The van der Waals surface area contributed by atoms with E-state index < -0.39 is 0 Å². The quantitative estimate of drug-likeness (QED) is 0.885. The lowest BCUT2D eigenvalue weighted by atomic mass is 9.89. The highest BCUT2D eigenvalue weighted by Gasteiger charge is 2.14. The lowest BCUT2D eigenvalue weighted by Gasteiger charge is -2.21. The number of rotatable bonds is 3. The summed E-state index contributed by atoms with van der Waals surface area (Å²) in [5, 5.41) is 11.6. The van der Waals surface area contributed by atoms with Gasteiger partial charge in [-0.25, -0.2) is 4.98 Å². The van der Waals surface area contributed by atoms with Crippen molar-refractivity contribution in [3.8, 4) is 6.07 Å². The first-order valence-electron chi connectivity index (χ1n) is 6.44. The molecule has 1 fully saturated rings. The van der Waals surface area contributed by atoms with Crippen molar-refractivity contribution < 1.29 is 4.79 Å². The Kier molecular flexibility index (Phi) is 4.30. The minimum absolute atomic E-state index is 0.0995. The standard InChI is InChI=1S/C14H17N3O/c15-8-13-7-6-12(10-16-13)14(18)17-9-11-4-2-1-3-5-11/h6-7,10-11H,1-5,9H2,(H,17,18). The van der Waals surface area contributed by atoms with E-state index in [2.05, 4.69) is 10.3 Å². The number of nitrogens with one attached hydrogen (secondary N) is 1. The van der Waals surface area contributed by atoms with Gasteiger partial charge in [0.15, 0.2) is 0 Å². The lowest BCUT2D eigenvalue weighted by molar-refractivity contribution is 0.0943. The summed E-state index contributed by atoms with van der Waals surface area (Å²) in [5.41, 5.74) is 0.851. The van der Waals surface area contributed by atoms with Crippen LogP contribution in [0.1, 0.15) is 48.2 Å². The fourth-order valence-electron chi connectivity index (χ4n) is 2.32. The third kappa shape index (κ3) is 3.30. The van der Waals surface area contributed by atoms with Crippen molar-refractivity contribution in [2.45, 2.75) is 32.1 Å². The molecule has 1 aromatic heterocycles. The smallest absolute Gasteiger partial charge is 0.252 e. The van der Waals surface area contributed by atoms with Gasteiger partial charge in [-0.3, -0.25) is 4.79 Å². The Hall–Kier alpha value is -1.89. The van der Waals surface area contributed by atoms with Crippen molar-refractivity contribution in [1.82, 2.24) is 10.3 Å². The molecule has 0 saturated heterocycles. The van der Waals surface area contributed by atoms with Crippen LogP contribution in [0.5, 0.6) is 0 Å². The summed E-state index contributed by atoms with van der Waals surface area (Å²) in [6.45, 7) is 0.749. The fraction of sp³-hybridized carbons (Fsp3) is 0.500. The molecule has 1 aliphatic carbocycles. The highest BCUT2D eigenvalue weighted by molar-refractivity contribution is 5.93. The van der Waals surface area contributed by atoms with Gasteiger partial charge in [-0.1, -0.05) is 19.3 Å². The molecule has 0 unspecified atom stereocenters. The van der Waals surface area contributed by atoms with Gasteiger partial charge in [-0.05, 0) is 30.9 Å². The number of hydrogen-bond acceptors (Lipinski definition) is 3. The van der Waals surface area contributed by atoms with Gasteiger partial charge in [0.1, 0.15) is 11.8 Å². The summed E-state index contributed by atoms with van der Waals surface area (Å²) in [7, 11) is 0. The van der Waals surface area contributed by atoms with Gasteiger partial charge in [0.05, 0.1) is 5.56 Å². The third-order valence-corrected chi connectivity index (χ3v) is 3.42. The Morgan fingerprint density at radius 3 is 2.78 bits per heavy atom. The number of carbonyl (C=O) groups excluding carboxylic acids is 1. The van der Waals surface area contributed by atoms with Gasteiger partial charge >= 0.3 is 0 Å². The molecule has 0 aromatic carbocycles. The summed E-state index contributed by atoms with van der Waals surface area (Å²) in [5.74, 6) is 0.520. The first-order chi connectivity index (χ1) is 8.79. The van der Waals surface area contributed by atoms with Crippen LogP contribution in [0.2, 0.25) is 0 Å². The fourth-order valence-corrected chi connectivity index (χ4v) is 2.32. The number of carbonyl (C=O) groups is 1. The Bertz CT molecular complexity index is 441. The van der Waals surface area contributed by atoms with Crippen LogP contribution >= 0.6 is 0 Å². The molecule has 1 N–H and O–H groups in total. The summed E-state index contributed by atoms with van der Waals surface area (Å²) in [6, 6.07) is 5.14. The van der Waals surface area contributed by atoms with Crippen LogP contribution in [-0.2, 0) is 0 Å². The van der Waals surface area contributed by atoms with E-state index in [0.717, 1.165) is 6.54 Å². The second-order valence-electron chi connectivity index (χ2n) is 4.76. The molecule has 1 saturated carbocycles. The van der Waals surface area contributed by atoms with Gasteiger partial charge in [0, 0.05) is 12.7 Å². The number of pyridine rings is 1. The molecule has 0 aliphatic heterocycles. The summed E-state index contributed by atoms with van der Waals surface area (Å²) >= 11 is 0. The van der Waals surface area contributed by atoms with E-state index in [0.29, 0.717) is 17.2 Å². The average molecular weight is 243 g/mol. The van der Waals surface area contributed by atoms with E-state index >= 15 is 0 Å². The van der Waals surface area contributed by atoms with Crippen molar-refractivity contribution in [2.75, 3.05) is 6.54 Å². The number of nitrogens with zero attached hydrogens (tertiary/aromatic N) is 2. The summed E-state index contributed by atoms with van der Waals surface area (Å²) in [4.78, 5) is 15.7. The molecule has 1 aliphatic rings. The molecule has 1 heterocycles. The first kappa shape index (κ1) is 12.6. The van der Waals surface area contributed by atoms with Crippen LogP contribution in [0.25, 0.3) is 0 Å². The SMILES string of the molecule is N#Cc1ccc(C(=O)NCC2CCCCC2)cn1. The molecule has 18 heavy (non-hydrogen) atoms. The Balaban J connectivity index is 1.85. The van der Waals surface area contributed by atoms with E-state index in [1.807, 2.05) is 6.07 Å². The number of aromatic nitrogens is 1. The van der Waals surface area contributed by atoms with Crippen LogP contribution < -0.4 is 5.32 Å². The second-order valence-corrected chi connectivity index (χ2v) is 4.76. The normalized spacial score (nSPS) is 15.9. The molecule has 94 valence electrons. The zero-order valence-electron chi connectivity index (χ0n) is 10.4. The lowest BCUT2D eigenvalue weighted by Crippen LogP contribution is -2.30. The number of nitriles is 1. The minimum atomic E-state index is -0.0995. The molecule has 0 atom stereocenters. The molecule has 2 rings (SSSR count). The third-order valence-electron chi connectivity index (χ3n) is 3.42. The predicted molar refractivity (Wildman–Crippen MR) is 67.9 cm³/mol. The molecular formula is C14H17N3O. The van der Waals surface area contributed by atoms with Crippen molar-refractivity contribution in [1.29, 1.82) is 5.26 Å². The minimum Gasteiger partial charge on any atom is -0.352 e. The Labute approximate surface area is 107 Å². The highest BCUT2D eigenvalue weighted by atomic mass is 16.1. The highest BCUT2D eigenvalue weighted by Crippen LogP contribution is 2.22. The summed E-state index contributed by atoms with van der Waals surface area (Å²) < 4.78 is 0. The molecule has 4 heteroatoms.